The van der Waals surface area contributed by atoms with E-state index in [9.17, 15) is 18.0 Å². The third kappa shape index (κ3) is 4.05. The number of carbonyl (C=O) groups excluding carboxylic acids is 1. The van der Waals surface area contributed by atoms with Gasteiger partial charge in [0.05, 0.1) is 18.8 Å². The van der Waals surface area contributed by atoms with Gasteiger partial charge in [0.25, 0.3) is 0 Å². The number of amides is 1. The van der Waals surface area contributed by atoms with E-state index in [1.54, 1.807) is 0 Å². The molecule has 1 fully saturated rings. The van der Waals surface area contributed by atoms with Crippen LogP contribution in [0.2, 0.25) is 0 Å². The van der Waals surface area contributed by atoms with E-state index in [2.05, 4.69) is 10.1 Å². The lowest BCUT2D eigenvalue weighted by molar-refractivity contribution is -0.137. The van der Waals surface area contributed by atoms with Crippen LogP contribution in [0.4, 0.5) is 13.2 Å². The molecule has 0 bridgehead atoms. The number of aromatic nitrogens is 2. The molecule has 2 aromatic rings. The van der Waals surface area contributed by atoms with Crippen molar-refractivity contribution >= 4 is 12.0 Å². The Bertz CT molecular complexity index is 742. The molecule has 1 amide bonds. The number of benzene rings is 1. The monoisotopic (exact) mass is 353 g/mol. The van der Waals surface area contributed by atoms with Crippen LogP contribution in [0.15, 0.2) is 41.3 Å². The summed E-state index contributed by atoms with van der Waals surface area (Å²) < 4.78 is 47.7. The third-order valence-electron chi connectivity index (χ3n) is 3.74. The molecule has 25 heavy (non-hydrogen) atoms. The number of morpholine rings is 1. The van der Waals surface area contributed by atoms with Gasteiger partial charge in [0.2, 0.25) is 12.3 Å². The molecule has 9 heteroatoms. The molecule has 0 spiro atoms. The molecule has 1 aromatic heterocycles. The predicted molar refractivity (Wildman–Crippen MR) is 80.0 cm³/mol. The van der Waals surface area contributed by atoms with Gasteiger partial charge in [-0.2, -0.15) is 18.2 Å². The predicted octanol–water partition coefficient (Wildman–Crippen LogP) is 2.70. The number of hydrogen-bond donors (Lipinski definition) is 0. The molecule has 132 valence electrons. The van der Waals surface area contributed by atoms with Gasteiger partial charge in [0.15, 0.2) is 5.82 Å². The Morgan fingerprint density at radius 2 is 2.04 bits per heavy atom. The van der Waals surface area contributed by atoms with Crippen molar-refractivity contribution in [3.63, 3.8) is 0 Å². The molecule has 1 aliphatic heterocycles. The number of alkyl halides is 3. The lowest BCUT2D eigenvalue weighted by Crippen LogP contribution is -2.43. The summed E-state index contributed by atoms with van der Waals surface area (Å²) in [6.45, 7) is 0.989. The lowest BCUT2D eigenvalue weighted by Gasteiger charge is -2.32. The van der Waals surface area contributed by atoms with Crippen molar-refractivity contribution in [1.82, 2.24) is 15.0 Å². The highest BCUT2D eigenvalue weighted by atomic mass is 19.4. The van der Waals surface area contributed by atoms with Gasteiger partial charge in [-0.25, -0.2) is 0 Å². The molecule has 6 nitrogen and oxygen atoms in total. The van der Waals surface area contributed by atoms with E-state index in [0.29, 0.717) is 24.5 Å². The molecule has 0 saturated carbocycles. The van der Waals surface area contributed by atoms with E-state index in [4.69, 9.17) is 9.26 Å². The van der Waals surface area contributed by atoms with Crippen molar-refractivity contribution in [2.45, 2.75) is 12.2 Å². The molecule has 0 radical (unpaired) electrons. The van der Waals surface area contributed by atoms with Crippen molar-refractivity contribution < 1.29 is 27.2 Å². The van der Waals surface area contributed by atoms with Crippen LogP contribution in [0.3, 0.4) is 0 Å². The Balaban J connectivity index is 1.71. The summed E-state index contributed by atoms with van der Waals surface area (Å²) in [7, 11) is 0. The van der Waals surface area contributed by atoms with Crippen LogP contribution < -0.4 is 0 Å². The van der Waals surface area contributed by atoms with Gasteiger partial charge < -0.3 is 14.2 Å². The van der Waals surface area contributed by atoms with Gasteiger partial charge in [-0.3, -0.25) is 4.79 Å². The molecule has 0 N–H and O–H groups in total. The highest BCUT2D eigenvalue weighted by Crippen LogP contribution is 2.29. The fourth-order valence-corrected chi connectivity index (χ4v) is 2.45. The van der Waals surface area contributed by atoms with Crippen LogP contribution in [-0.4, -0.2) is 40.7 Å². The number of rotatable bonds is 3. The van der Waals surface area contributed by atoms with E-state index in [1.165, 1.54) is 35.6 Å². The Morgan fingerprint density at radius 3 is 2.68 bits per heavy atom. The second-order valence-corrected chi connectivity index (χ2v) is 5.36. The molecular formula is C16H14F3N3O3. The van der Waals surface area contributed by atoms with Gasteiger partial charge in [0.1, 0.15) is 6.04 Å². The zero-order valence-corrected chi connectivity index (χ0v) is 12.9. The minimum Gasteiger partial charge on any atom is -0.377 e. The van der Waals surface area contributed by atoms with Gasteiger partial charge in [-0.1, -0.05) is 17.3 Å². The van der Waals surface area contributed by atoms with Gasteiger partial charge in [-0.15, -0.1) is 0 Å². The van der Waals surface area contributed by atoms with Crippen LogP contribution >= 0.6 is 0 Å². The van der Waals surface area contributed by atoms with Gasteiger partial charge in [0, 0.05) is 12.6 Å². The SMILES string of the molecule is O=C(/C=C/c1ccc(C(F)(F)F)cc1)N1CCOCC1c1ncon1. The average Bonchev–Trinajstić information content (AvgIpc) is 3.14. The molecule has 0 aliphatic carbocycles. The topological polar surface area (TPSA) is 68.5 Å². The summed E-state index contributed by atoms with van der Waals surface area (Å²) in [6, 6.07) is 4.10. The van der Waals surface area contributed by atoms with Gasteiger partial charge >= 0.3 is 6.18 Å². The molecule has 1 atom stereocenters. The van der Waals surface area contributed by atoms with E-state index < -0.39 is 17.8 Å². The fourth-order valence-electron chi connectivity index (χ4n) is 2.45. The molecule has 1 aromatic carbocycles. The average molecular weight is 353 g/mol. The maximum Gasteiger partial charge on any atom is 0.416 e. The first-order chi connectivity index (χ1) is 11.9. The highest BCUT2D eigenvalue weighted by Gasteiger charge is 2.31. The van der Waals surface area contributed by atoms with Gasteiger partial charge in [-0.05, 0) is 23.8 Å². The normalized spacial score (nSPS) is 18.7. The molecule has 3 rings (SSSR count). The summed E-state index contributed by atoms with van der Waals surface area (Å²) in [5.41, 5.74) is -0.243. The van der Waals surface area contributed by atoms with E-state index in [-0.39, 0.29) is 12.5 Å². The maximum atomic E-state index is 12.5. The smallest absolute Gasteiger partial charge is 0.377 e. The van der Waals surface area contributed by atoms with Crippen molar-refractivity contribution in [2.24, 2.45) is 0 Å². The number of hydrogen-bond acceptors (Lipinski definition) is 5. The molecule has 2 heterocycles. The number of nitrogens with zero attached hydrogens (tertiary/aromatic N) is 3. The zero-order chi connectivity index (χ0) is 17.9. The number of ether oxygens (including phenoxy) is 1. The van der Waals surface area contributed by atoms with Crippen LogP contribution in [0.1, 0.15) is 23.0 Å². The zero-order valence-electron chi connectivity index (χ0n) is 12.9. The summed E-state index contributed by atoms with van der Waals surface area (Å²) in [6.07, 6.45) is -0.444. The summed E-state index contributed by atoms with van der Waals surface area (Å²) in [4.78, 5) is 17.9. The minimum absolute atomic E-state index is 0.249. The lowest BCUT2D eigenvalue weighted by atomic mass is 10.1. The first-order valence-electron chi connectivity index (χ1n) is 7.45. The van der Waals surface area contributed by atoms with Crippen molar-refractivity contribution in [1.29, 1.82) is 0 Å². The second kappa shape index (κ2) is 7.06. The Hall–Kier alpha value is -2.68. The second-order valence-electron chi connectivity index (χ2n) is 5.36. The maximum absolute atomic E-state index is 12.5. The van der Waals surface area contributed by atoms with Crippen molar-refractivity contribution in [2.75, 3.05) is 19.8 Å². The van der Waals surface area contributed by atoms with E-state index in [0.717, 1.165) is 12.1 Å². The molecule has 1 aliphatic rings. The van der Waals surface area contributed by atoms with Crippen LogP contribution in [-0.2, 0) is 15.7 Å². The summed E-state index contributed by atoms with van der Waals surface area (Å²) in [5.74, 6) is 0.0361. The number of halogens is 3. The van der Waals surface area contributed by atoms with Crippen LogP contribution in [0.5, 0.6) is 0 Å². The standard InChI is InChI=1S/C16H14F3N3O3/c17-16(18,19)12-4-1-11(2-5-12)3-6-14(23)22-7-8-24-9-13(22)15-20-10-25-21-15/h1-6,10,13H,7-9H2/b6-3+. The fraction of sp³-hybridized carbons (Fsp3) is 0.312. The molecule has 1 saturated heterocycles. The van der Waals surface area contributed by atoms with E-state index >= 15 is 0 Å². The minimum atomic E-state index is -4.39. The largest absolute Gasteiger partial charge is 0.416 e. The number of carbonyl (C=O) groups is 1. The molecule has 1 unspecified atom stereocenters. The van der Waals surface area contributed by atoms with Crippen molar-refractivity contribution in [3.05, 3.63) is 53.7 Å². The molecular weight excluding hydrogens is 339 g/mol. The Labute approximate surface area is 140 Å². The summed E-state index contributed by atoms with van der Waals surface area (Å²) >= 11 is 0. The third-order valence-corrected chi connectivity index (χ3v) is 3.74. The summed E-state index contributed by atoms with van der Waals surface area (Å²) in [5, 5.41) is 3.73. The van der Waals surface area contributed by atoms with E-state index in [1.807, 2.05) is 0 Å². The van der Waals surface area contributed by atoms with Crippen LogP contribution in [0.25, 0.3) is 6.08 Å². The Morgan fingerprint density at radius 1 is 1.28 bits per heavy atom. The highest BCUT2D eigenvalue weighted by molar-refractivity contribution is 5.92. The Kier molecular flexibility index (Phi) is 4.84. The van der Waals surface area contributed by atoms with Crippen LogP contribution in [0, 0.1) is 0 Å². The van der Waals surface area contributed by atoms with Crippen molar-refractivity contribution in [3.8, 4) is 0 Å². The first kappa shape index (κ1) is 17.2. The first-order valence-corrected chi connectivity index (χ1v) is 7.45. The quantitative estimate of drug-likeness (QED) is 0.794.